The maximum Gasteiger partial charge on any atom is 0.414 e. The normalized spacial score (nSPS) is 7.22. The highest BCUT2D eigenvalue weighted by Gasteiger charge is 1.79. The van der Waals surface area contributed by atoms with Crippen molar-refractivity contribution in [1.29, 1.82) is 0 Å². The molecule has 0 aliphatic heterocycles. The predicted octanol–water partition coefficient (Wildman–Crippen LogP) is -2.23. The fourth-order valence-corrected chi connectivity index (χ4v) is 0.392. The van der Waals surface area contributed by atoms with E-state index in [9.17, 15) is 9.26 Å². The zero-order valence-corrected chi connectivity index (χ0v) is 5.59. The zero-order valence-electron chi connectivity index (χ0n) is 4.59. The lowest BCUT2D eigenvalue weighted by molar-refractivity contribution is -0.228. The molecule has 4 nitrogen and oxygen atoms in total. The van der Waals surface area contributed by atoms with Gasteiger partial charge in [0.25, 0.3) is 0 Å². The molecule has 0 unspecified atom stereocenters. The first-order chi connectivity index (χ1) is 4.27. The highest BCUT2D eigenvalue weighted by atomic mass is 28.3. The van der Waals surface area contributed by atoms with Gasteiger partial charge < -0.3 is 18.8 Å². The Labute approximate surface area is 54.0 Å². The first-order valence-electron chi connectivity index (χ1n) is 2.17. The van der Waals surface area contributed by atoms with E-state index in [2.05, 4.69) is 16.3 Å². The van der Waals surface area contributed by atoms with Crippen LogP contribution >= 0.6 is 0 Å². The quantitative estimate of drug-likeness (QED) is 0.353. The average molecular weight is 145 g/mol. The van der Waals surface area contributed by atoms with Gasteiger partial charge in [-0.3, -0.25) is 0 Å². The number of rotatable bonds is 2. The van der Waals surface area contributed by atoms with Crippen LogP contribution in [0.25, 0.3) is 0 Å². The van der Waals surface area contributed by atoms with Crippen LogP contribution in [-0.2, 0) is 8.89 Å². The summed E-state index contributed by atoms with van der Waals surface area (Å²) in [4.78, 5) is 9.68. The smallest absolute Gasteiger partial charge is 0.414 e. The van der Waals surface area contributed by atoms with Gasteiger partial charge in [0.2, 0.25) is 0 Å². The van der Waals surface area contributed by atoms with Crippen LogP contribution < -0.4 is 4.80 Å². The first kappa shape index (κ1) is 8.14. The summed E-state index contributed by atoms with van der Waals surface area (Å²) in [6, 6.07) is 0. The Bertz CT molecular complexity index is 144. The molecule has 0 aromatic rings. The molecule has 0 radical (unpaired) electrons. The van der Waals surface area contributed by atoms with Crippen molar-refractivity contribution in [2.45, 2.75) is 0 Å². The number of aliphatic hydroxyl groups is 1. The fraction of sp³-hybridized carbons (Fsp3) is 0.500. The lowest BCUT2D eigenvalue weighted by Crippen LogP contribution is -2.23. The molecule has 1 N–H and O–H groups in total. The average Bonchev–Trinajstić information content (AvgIpc) is 1.80. The third kappa shape index (κ3) is 7.14. The summed E-state index contributed by atoms with van der Waals surface area (Å²) in [6.45, 7) is -0.439. The Morgan fingerprint density at radius 1 is 1.67 bits per heavy atom. The fourth-order valence-electron chi connectivity index (χ4n) is 0.202. The van der Waals surface area contributed by atoms with Crippen molar-refractivity contribution in [3.63, 3.8) is 0 Å². The minimum atomic E-state index is -3.10. The van der Waals surface area contributed by atoms with Gasteiger partial charge in [-0.1, -0.05) is 11.8 Å². The van der Waals surface area contributed by atoms with Gasteiger partial charge in [0.15, 0.2) is 0 Å². The zero-order chi connectivity index (χ0) is 7.11. The molecule has 9 heavy (non-hydrogen) atoms. The molecule has 0 heterocycles. The van der Waals surface area contributed by atoms with E-state index >= 15 is 0 Å². The van der Waals surface area contributed by atoms with E-state index in [1.54, 1.807) is 0 Å². The van der Waals surface area contributed by atoms with Crippen LogP contribution in [0.15, 0.2) is 0 Å². The van der Waals surface area contributed by atoms with Crippen molar-refractivity contribution in [3.05, 3.63) is 0 Å². The van der Waals surface area contributed by atoms with Crippen molar-refractivity contribution in [2.24, 2.45) is 0 Å². The minimum absolute atomic E-state index is 0.165. The van der Waals surface area contributed by atoms with Gasteiger partial charge >= 0.3 is 9.17 Å². The third-order valence-electron chi connectivity index (χ3n) is 0.466. The molecule has 50 valence electrons. The van der Waals surface area contributed by atoms with E-state index in [0.717, 1.165) is 0 Å². The van der Waals surface area contributed by atoms with Gasteiger partial charge in [-0.05, 0) is 0 Å². The summed E-state index contributed by atoms with van der Waals surface area (Å²) in [5.74, 6) is 4.49. The van der Waals surface area contributed by atoms with Crippen LogP contribution in [0.1, 0.15) is 0 Å². The van der Waals surface area contributed by atoms with Gasteiger partial charge in [0.1, 0.15) is 6.61 Å². The van der Waals surface area contributed by atoms with Gasteiger partial charge in [0, 0.05) is 0 Å². The van der Waals surface area contributed by atoms with E-state index in [1.165, 1.54) is 0 Å². The Morgan fingerprint density at radius 3 is 2.78 bits per heavy atom. The lowest BCUT2D eigenvalue weighted by atomic mass is 10.6. The molecule has 0 rings (SSSR count). The molecule has 0 atom stereocenters. The Morgan fingerprint density at radius 2 is 2.33 bits per heavy atom. The summed E-state index contributed by atoms with van der Waals surface area (Å²) in [7, 11) is -3.10. The predicted molar refractivity (Wildman–Crippen MR) is 27.3 cm³/mol. The van der Waals surface area contributed by atoms with Crippen molar-refractivity contribution in [2.75, 3.05) is 13.2 Å². The second kappa shape index (κ2) is 5.28. The van der Waals surface area contributed by atoms with Crippen LogP contribution in [0, 0.1) is 11.8 Å². The second-order valence-corrected chi connectivity index (χ2v) is 1.84. The van der Waals surface area contributed by atoms with Crippen LogP contribution in [0.3, 0.4) is 0 Å². The van der Waals surface area contributed by atoms with Crippen molar-refractivity contribution < 1.29 is 18.8 Å². The highest BCUT2D eigenvalue weighted by Crippen LogP contribution is 1.64. The van der Waals surface area contributed by atoms with Gasteiger partial charge in [-0.2, -0.15) is 0 Å². The molecule has 0 saturated heterocycles. The molecule has 0 amide bonds. The molecule has 0 saturated carbocycles. The minimum Gasteiger partial charge on any atom is -0.577 e. The molecule has 0 aromatic heterocycles. The summed E-state index contributed by atoms with van der Waals surface area (Å²) < 4.78 is 13.7. The molecule has 0 bridgehead atoms. The second-order valence-electron chi connectivity index (χ2n) is 1.05. The molecule has 5 heteroatoms. The van der Waals surface area contributed by atoms with Crippen LogP contribution in [0.5, 0.6) is 0 Å². The first-order valence-corrected chi connectivity index (χ1v) is 3.40. The lowest BCUT2D eigenvalue weighted by Gasteiger charge is -1.98. The molecule has 0 spiro atoms. The van der Waals surface area contributed by atoms with E-state index in [0.29, 0.717) is 0 Å². The van der Waals surface area contributed by atoms with Crippen molar-refractivity contribution in [3.8, 4) is 11.8 Å². The molecular formula is C4H5O4Si-. The maximum atomic E-state index is 9.68. The Hall–Kier alpha value is -0.863. The van der Waals surface area contributed by atoms with Crippen LogP contribution in [0.2, 0.25) is 0 Å². The van der Waals surface area contributed by atoms with Crippen molar-refractivity contribution >= 4 is 9.17 Å². The SMILES string of the molecule is O=[Si]([O-])OCC#CCO. The Balaban J connectivity index is 3.19. The van der Waals surface area contributed by atoms with Gasteiger partial charge in [0.05, 0.1) is 6.61 Å². The number of aliphatic hydroxyl groups excluding tert-OH is 1. The van der Waals surface area contributed by atoms with Gasteiger partial charge in [-0.15, -0.1) is 0 Å². The van der Waals surface area contributed by atoms with Crippen LogP contribution in [0.4, 0.5) is 0 Å². The largest absolute Gasteiger partial charge is 0.577 e. The third-order valence-corrected chi connectivity index (χ3v) is 0.846. The molecular weight excluding hydrogens is 140 g/mol. The highest BCUT2D eigenvalue weighted by molar-refractivity contribution is 6.21. The number of hydrogen-bond acceptors (Lipinski definition) is 4. The standard InChI is InChI=1S/C4H5O4Si/c5-3-1-2-4-8-9(6)7/h5H,3-4H2/q-1. The summed E-state index contributed by atoms with van der Waals surface area (Å²) in [6.07, 6.45) is 0. The molecule has 0 fully saturated rings. The van der Waals surface area contributed by atoms with E-state index in [4.69, 9.17) is 5.11 Å². The topological polar surface area (TPSA) is 69.6 Å². The van der Waals surface area contributed by atoms with Gasteiger partial charge in [-0.25, -0.2) is 0 Å². The number of hydrogen-bond donors (Lipinski definition) is 1. The summed E-state index contributed by atoms with van der Waals surface area (Å²) in [5, 5.41) is 8.05. The summed E-state index contributed by atoms with van der Waals surface area (Å²) in [5.41, 5.74) is 0. The monoisotopic (exact) mass is 145 g/mol. The summed E-state index contributed by atoms with van der Waals surface area (Å²) >= 11 is 0. The van der Waals surface area contributed by atoms with Crippen molar-refractivity contribution in [1.82, 2.24) is 0 Å². The van der Waals surface area contributed by atoms with E-state index < -0.39 is 9.17 Å². The van der Waals surface area contributed by atoms with E-state index in [1.807, 2.05) is 0 Å². The van der Waals surface area contributed by atoms with Crippen LogP contribution in [-0.4, -0.2) is 27.5 Å². The Kier molecular flexibility index (Phi) is 4.77. The van der Waals surface area contributed by atoms with E-state index in [-0.39, 0.29) is 13.2 Å². The molecule has 0 aliphatic carbocycles. The maximum absolute atomic E-state index is 9.68. The molecule has 0 aromatic carbocycles. The molecule has 0 aliphatic rings.